The molecule has 0 radical (unpaired) electrons. The molecule has 1 aromatic rings. The van der Waals surface area contributed by atoms with Crippen LogP contribution >= 0.6 is 0 Å². The molecular formula is C11H13N3O3. The molecule has 0 atom stereocenters. The summed E-state index contributed by atoms with van der Waals surface area (Å²) in [6.45, 7) is 0.0294. The van der Waals surface area contributed by atoms with Crippen molar-refractivity contribution in [3.05, 3.63) is 23.8 Å². The van der Waals surface area contributed by atoms with Gasteiger partial charge in [-0.1, -0.05) is 5.16 Å². The Morgan fingerprint density at radius 1 is 1.53 bits per heavy atom. The van der Waals surface area contributed by atoms with E-state index >= 15 is 0 Å². The normalized spacial score (nSPS) is 15.1. The number of rotatable bonds is 3. The highest BCUT2D eigenvalue weighted by Crippen LogP contribution is 2.26. The van der Waals surface area contributed by atoms with Crippen molar-refractivity contribution in [2.24, 2.45) is 10.9 Å². The minimum absolute atomic E-state index is 0.0102. The summed E-state index contributed by atoms with van der Waals surface area (Å²) in [5.74, 6) is 0.672. The van der Waals surface area contributed by atoms with Gasteiger partial charge in [0, 0.05) is 12.1 Å². The smallest absolute Gasteiger partial charge is 0.224 e. The highest BCUT2D eigenvalue weighted by Gasteiger charge is 2.14. The number of hydrogen-bond donors (Lipinski definition) is 3. The summed E-state index contributed by atoms with van der Waals surface area (Å²) in [5, 5.41) is 14.0. The zero-order chi connectivity index (χ0) is 12.3. The van der Waals surface area contributed by atoms with E-state index < -0.39 is 0 Å². The third-order valence-corrected chi connectivity index (χ3v) is 2.49. The van der Waals surface area contributed by atoms with Crippen LogP contribution in [-0.2, 0) is 11.2 Å². The molecule has 0 saturated carbocycles. The van der Waals surface area contributed by atoms with Crippen LogP contribution in [0.5, 0.6) is 5.75 Å². The van der Waals surface area contributed by atoms with Crippen molar-refractivity contribution in [1.82, 2.24) is 0 Å². The Morgan fingerprint density at radius 3 is 3.12 bits per heavy atom. The van der Waals surface area contributed by atoms with Crippen molar-refractivity contribution in [2.75, 3.05) is 11.9 Å². The van der Waals surface area contributed by atoms with Crippen LogP contribution in [0, 0.1) is 0 Å². The van der Waals surface area contributed by atoms with Gasteiger partial charge in [0.1, 0.15) is 12.4 Å². The van der Waals surface area contributed by atoms with E-state index in [1.807, 2.05) is 6.07 Å². The summed E-state index contributed by atoms with van der Waals surface area (Å²) in [5.41, 5.74) is 7.14. The largest absolute Gasteiger partial charge is 0.486 e. The van der Waals surface area contributed by atoms with Crippen LogP contribution in [0.1, 0.15) is 12.0 Å². The zero-order valence-electron chi connectivity index (χ0n) is 9.14. The van der Waals surface area contributed by atoms with E-state index in [1.54, 1.807) is 12.1 Å². The number of ether oxygens (including phenoxy) is 1. The first-order chi connectivity index (χ1) is 8.19. The van der Waals surface area contributed by atoms with Gasteiger partial charge in [-0.15, -0.1) is 0 Å². The number of carbonyl (C=O) groups is 1. The maximum atomic E-state index is 11.2. The monoisotopic (exact) mass is 235 g/mol. The fourth-order valence-electron chi connectivity index (χ4n) is 1.64. The van der Waals surface area contributed by atoms with Gasteiger partial charge in [0.2, 0.25) is 5.91 Å². The van der Waals surface area contributed by atoms with Crippen LogP contribution in [0.4, 0.5) is 5.69 Å². The van der Waals surface area contributed by atoms with Crippen molar-refractivity contribution in [2.45, 2.75) is 12.8 Å². The lowest BCUT2D eigenvalue weighted by atomic mass is 10.0. The fraction of sp³-hybridized carbons (Fsp3) is 0.273. The Kier molecular flexibility index (Phi) is 3.13. The molecule has 0 aromatic heterocycles. The van der Waals surface area contributed by atoms with Crippen molar-refractivity contribution in [1.29, 1.82) is 0 Å². The van der Waals surface area contributed by atoms with E-state index in [4.69, 9.17) is 15.7 Å². The molecule has 6 heteroatoms. The number of nitrogens with one attached hydrogen (secondary N) is 1. The van der Waals surface area contributed by atoms with E-state index in [-0.39, 0.29) is 18.3 Å². The number of nitrogens with two attached hydrogens (primary N) is 1. The summed E-state index contributed by atoms with van der Waals surface area (Å²) in [7, 11) is 0. The lowest BCUT2D eigenvalue weighted by Crippen LogP contribution is -2.21. The number of nitrogens with zero attached hydrogens (tertiary/aromatic N) is 1. The molecule has 1 aliphatic rings. The molecule has 0 bridgehead atoms. The molecule has 1 heterocycles. The Morgan fingerprint density at radius 2 is 2.35 bits per heavy atom. The average Bonchev–Trinajstić information content (AvgIpc) is 2.35. The fourth-order valence-corrected chi connectivity index (χ4v) is 1.64. The van der Waals surface area contributed by atoms with Crippen molar-refractivity contribution in [3.8, 4) is 5.75 Å². The van der Waals surface area contributed by atoms with E-state index in [2.05, 4.69) is 10.5 Å². The van der Waals surface area contributed by atoms with Crippen LogP contribution in [0.2, 0.25) is 0 Å². The summed E-state index contributed by atoms with van der Waals surface area (Å²) in [4.78, 5) is 11.2. The first kappa shape index (κ1) is 11.3. The quantitative estimate of drug-likeness (QED) is 0.311. The van der Waals surface area contributed by atoms with E-state index in [1.165, 1.54) is 0 Å². The molecule has 0 spiro atoms. The molecule has 1 aromatic carbocycles. The van der Waals surface area contributed by atoms with Gasteiger partial charge < -0.3 is 21.0 Å². The molecule has 2 rings (SSSR count). The highest BCUT2D eigenvalue weighted by molar-refractivity contribution is 5.94. The van der Waals surface area contributed by atoms with Crippen molar-refractivity contribution in [3.63, 3.8) is 0 Å². The summed E-state index contributed by atoms with van der Waals surface area (Å²) < 4.78 is 5.32. The maximum Gasteiger partial charge on any atom is 0.224 e. The first-order valence-corrected chi connectivity index (χ1v) is 5.21. The third-order valence-electron chi connectivity index (χ3n) is 2.49. The van der Waals surface area contributed by atoms with Gasteiger partial charge in [-0.05, 0) is 30.2 Å². The lowest BCUT2D eigenvalue weighted by molar-refractivity contribution is -0.116. The molecule has 90 valence electrons. The number of carbonyl (C=O) groups excluding carboxylic acids is 1. The van der Waals surface area contributed by atoms with Crippen molar-refractivity contribution >= 4 is 17.4 Å². The molecular weight excluding hydrogens is 222 g/mol. The molecule has 0 aliphatic carbocycles. The second-order valence-corrected chi connectivity index (χ2v) is 3.75. The number of amides is 1. The van der Waals surface area contributed by atoms with Gasteiger partial charge in [0.25, 0.3) is 0 Å². The van der Waals surface area contributed by atoms with Gasteiger partial charge in [-0.2, -0.15) is 0 Å². The Balaban J connectivity index is 2.09. The molecule has 17 heavy (non-hydrogen) atoms. The van der Waals surface area contributed by atoms with E-state index in [0.717, 1.165) is 11.3 Å². The summed E-state index contributed by atoms with van der Waals surface area (Å²) in [6.07, 6.45) is 1.18. The van der Waals surface area contributed by atoms with E-state index in [9.17, 15) is 4.79 Å². The maximum absolute atomic E-state index is 11.2. The number of fused-ring (bicyclic) bond motifs is 1. The van der Waals surface area contributed by atoms with Crippen LogP contribution in [-0.4, -0.2) is 23.6 Å². The second-order valence-electron chi connectivity index (χ2n) is 3.75. The first-order valence-electron chi connectivity index (χ1n) is 5.21. The topological polar surface area (TPSA) is 96.9 Å². The van der Waals surface area contributed by atoms with Gasteiger partial charge in [-0.3, -0.25) is 4.79 Å². The second kappa shape index (κ2) is 4.73. The van der Waals surface area contributed by atoms with Crippen molar-refractivity contribution < 1.29 is 14.7 Å². The number of anilines is 1. The molecule has 0 unspecified atom stereocenters. The Bertz CT molecular complexity index is 471. The molecule has 1 aliphatic heterocycles. The lowest BCUT2D eigenvalue weighted by Gasteiger charge is -2.17. The average molecular weight is 235 g/mol. The molecule has 4 N–H and O–H groups in total. The van der Waals surface area contributed by atoms with Gasteiger partial charge in [-0.25, -0.2) is 0 Å². The van der Waals surface area contributed by atoms with Gasteiger partial charge in [0.15, 0.2) is 5.84 Å². The predicted molar refractivity (Wildman–Crippen MR) is 62.3 cm³/mol. The molecule has 0 saturated heterocycles. The van der Waals surface area contributed by atoms with Crippen LogP contribution in [0.3, 0.4) is 0 Å². The number of oxime groups is 1. The van der Waals surface area contributed by atoms with Crippen LogP contribution in [0.25, 0.3) is 0 Å². The Hall–Kier alpha value is -2.24. The Labute approximate surface area is 98.1 Å². The highest BCUT2D eigenvalue weighted by atomic mass is 16.5. The number of aryl methyl sites for hydroxylation is 1. The number of amidine groups is 1. The minimum Gasteiger partial charge on any atom is -0.486 e. The van der Waals surface area contributed by atoms with Gasteiger partial charge in [0.05, 0.1) is 0 Å². The SMILES string of the molecule is NC(COc1ccc2c(c1)CCC(=O)N2)=NO. The summed E-state index contributed by atoms with van der Waals surface area (Å²) >= 11 is 0. The van der Waals surface area contributed by atoms with Crippen LogP contribution in [0.15, 0.2) is 23.4 Å². The molecule has 1 amide bonds. The zero-order valence-corrected chi connectivity index (χ0v) is 9.14. The van der Waals surface area contributed by atoms with Gasteiger partial charge >= 0.3 is 0 Å². The number of hydrogen-bond acceptors (Lipinski definition) is 4. The molecule has 6 nitrogen and oxygen atoms in total. The number of benzene rings is 1. The third kappa shape index (κ3) is 2.66. The summed E-state index contributed by atoms with van der Waals surface area (Å²) in [6, 6.07) is 5.36. The standard InChI is InChI=1S/C11H13N3O3/c12-10(14-16)6-17-8-2-3-9-7(5-8)1-4-11(15)13-9/h2-3,5,16H,1,4,6H2,(H2,12,14)(H,13,15). The predicted octanol–water partition coefficient (Wildman–Crippen LogP) is 0.696. The van der Waals surface area contributed by atoms with Crippen LogP contribution < -0.4 is 15.8 Å². The molecule has 0 fully saturated rings. The van der Waals surface area contributed by atoms with E-state index in [0.29, 0.717) is 18.6 Å². The minimum atomic E-state index is 0.0102.